The number of carbonyl (C=O) groups excluding carboxylic acids is 1. The van der Waals surface area contributed by atoms with Crippen molar-refractivity contribution in [3.8, 4) is 0 Å². The highest BCUT2D eigenvalue weighted by atomic mass is 16.5. The molecule has 0 aromatic heterocycles. The molecule has 1 N–H and O–H groups in total. The first kappa shape index (κ1) is 11.7. The number of rotatable bonds is 2. The maximum Gasteiger partial charge on any atom is 0.145 e. The summed E-state index contributed by atoms with van der Waals surface area (Å²) in [5.41, 5.74) is 2.29. The summed E-state index contributed by atoms with van der Waals surface area (Å²) in [6.07, 6.45) is 2.92. The lowest BCUT2D eigenvalue weighted by Gasteiger charge is -2.30. The van der Waals surface area contributed by atoms with Crippen molar-refractivity contribution < 1.29 is 9.53 Å². The third kappa shape index (κ3) is 2.15. The molecule has 3 heteroatoms. The van der Waals surface area contributed by atoms with Crippen molar-refractivity contribution in [1.29, 1.82) is 0 Å². The number of carbonyl (C=O) groups is 1. The number of nitrogens with one attached hydrogen (secondary N) is 1. The predicted molar refractivity (Wildman–Crippen MR) is 70.8 cm³/mol. The molecule has 0 spiro atoms. The molecule has 3 nitrogen and oxygen atoms in total. The lowest BCUT2D eigenvalue weighted by atomic mass is 9.81. The van der Waals surface area contributed by atoms with Gasteiger partial charge in [-0.05, 0) is 30.9 Å². The van der Waals surface area contributed by atoms with E-state index in [0.29, 0.717) is 12.4 Å². The highest BCUT2D eigenvalue weighted by Gasteiger charge is 2.32. The number of ether oxygens (including phenoxy) is 1. The van der Waals surface area contributed by atoms with Crippen LogP contribution in [0.25, 0.3) is 0 Å². The van der Waals surface area contributed by atoms with Gasteiger partial charge in [-0.1, -0.05) is 18.2 Å². The molecular weight excluding hydrogens is 226 g/mol. The van der Waals surface area contributed by atoms with Crippen molar-refractivity contribution in [2.24, 2.45) is 5.92 Å². The first-order valence-corrected chi connectivity index (χ1v) is 6.80. The van der Waals surface area contributed by atoms with Gasteiger partial charge in [-0.25, -0.2) is 0 Å². The van der Waals surface area contributed by atoms with Crippen molar-refractivity contribution in [1.82, 2.24) is 0 Å². The van der Waals surface area contributed by atoms with Gasteiger partial charge in [-0.2, -0.15) is 0 Å². The summed E-state index contributed by atoms with van der Waals surface area (Å²) in [6.45, 7) is 2.32. The van der Waals surface area contributed by atoms with Crippen LogP contribution >= 0.6 is 0 Å². The molecule has 0 bridgehead atoms. The number of hydrogen-bond donors (Lipinski definition) is 1. The summed E-state index contributed by atoms with van der Waals surface area (Å²) in [5.74, 6) is 0.549. The van der Waals surface area contributed by atoms with Crippen molar-refractivity contribution in [2.75, 3.05) is 25.1 Å². The van der Waals surface area contributed by atoms with Gasteiger partial charge in [0.2, 0.25) is 0 Å². The Morgan fingerprint density at radius 3 is 3.00 bits per heavy atom. The van der Waals surface area contributed by atoms with Crippen LogP contribution < -0.4 is 5.32 Å². The van der Waals surface area contributed by atoms with Gasteiger partial charge in [-0.15, -0.1) is 0 Å². The van der Waals surface area contributed by atoms with Gasteiger partial charge in [-0.3, -0.25) is 4.79 Å². The zero-order valence-corrected chi connectivity index (χ0v) is 10.5. The topological polar surface area (TPSA) is 38.3 Å². The van der Waals surface area contributed by atoms with Gasteiger partial charge in [0.1, 0.15) is 5.78 Å². The molecule has 0 saturated carbocycles. The molecular formula is C15H19NO2. The Kier molecular flexibility index (Phi) is 3.33. The normalized spacial score (nSPS) is 27.1. The molecule has 0 aliphatic carbocycles. The highest BCUT2D eigenvalue weighted by molar-refractivity contribution is 5.90. The molecule has 2 aliphatic rings. The molecule has 2 aliphatic heterocycles. The van der Waals surface area contributed by atoms with E-state index in [4.69, 9.17) is 4.74 Å². The molecule has 2 heterocycles. The van der Waals surface area contributed by atoms with Crippen LogP contribution in [-0.4, -0.2) is 25.5 Å². The quantitative estimate of drug-likeness (QED) is 0.870. The van der Waals surface area contributed by atoms with Crippen LogP contribution in [-0.2, 0) is 9.53 Å². The molecule has 3 rings (SSSR count). The fourth-order valence-electron chi connectivity index (χ4n) is 3.01. The van der Waals surface area contributed by atoms with Crippen molar-refractivity contribution in [2.45, 2.75) is 25.2 Å². The van der Waals surface area contributed by atoms with Crippen LogP contribution in [0.2, 0.25) is 0 Å². The van der Waals surface area contributed by atoms with E-state index in [-0.39, 0.29) is 11.8 Å². The molecule has 1 fully saturated rings. The fraction of sp³-hybridized carbons (Fsp3) is 0.533. The van der Waals surface area contributed by atoms with E-state index >= 15 is 0 Å². The monoisotopic (exact) mass is 245 g/mol. The molecule has 2 unspecified atom stereocenters. The van der Waals surface area contributed by atoms with Gasteiger partial charge >= 0.3 is 0 Å². The van der Waals surface area contributed by atoms with Gasteiger partial charge in [0.25, 0.3) is 0 Å². The van der Waals surface area contributed by atoms with E-state index < -0.39 is 0 Å². The van der Waals surface area contributed by atoms with Crippen LogP contribution in [0, 0.1) is 5.92 Å². The van der Waals surface area contributed by atoms with Crippen molar-refractivity contribution in [3.63, 3.8) is 0 Å². The molecule has 0 amide bonds. The highest BCUT2D eigenvalue weighted by Crippen LogP contribution is 2.35. The number of benzene rings is 1. The number of ketones is 1. The minimum atomic E-state index is 0.0640. The minimum absolute atomic E-state index is 0.0640. The first-order valence-electron chi connectivity index (χ1n) is 6.80. The first-order chi connectivity index (χ1) is 8.86. The molecule has 1 saturated heterocycles. The number of hydrogen-bond acceptors (Lipinski definition) is 3. The second-order valence-electron chi connectivity index (χ2n) is 5.17. The Bertz CT molecular complexity index is 438. The SMILES string of the molecule is O=C(C1CCCOC1)C1CCNc2ccccc21. The summed E-state index contributed by atoms with van der Waals surface area (Å²) in [7, 11) is 0. The van der Waals surface area contributed by atoms with Gasteiger partial charge in [0.15, 0.2) is 0 Å². The Hall–Kier alpha value is -1.35. The van der Waals surface area contributed by atoms with E-state index in [1.807, 2.05) is 12.1 Å². The second kappa shape index (κ2) is 5.11. The van der Waals surface area contributed by atoms with Gasteiger partial charge in [0.05, 0.1) is 6.61 Å². The zero-order chi connectivity index (χ0) is 12.4. The van der Waals surface area contributed by atoms with Crippen LogP contribution in [0.1, 0.15) is 30.7 Å². The standard InChI is InChI=1S/C15H19NO2/c17-15(11-4-3-9-18-10-11)13-7-8-16-14-6-2-1-5-12(13)14/h1-2,5-6,11,13,16H,3-4,7-10H2. The van der Waals surface area contributed by atoms with E-state index in [1.165, 1.54) is 5.56 Å². The maximum atomic E-state index is 12.6. The lowest BCUT2D eigenvalue weighted by Crippen LogP contribution is -2.32. The second-order valence-corrected chi connectivity index (χ2v) is 5.17. The summed E-state index contributed by atoms with van der Waals surface area (Å²) in [4.78, 5) is 12.6. The van der Waals surface area contributed by atoms with E-state index in [1.54, 1.807) is 0 Å². The smallest absolute Gasteiger partial charge is 0.145 e. The summed E-state index contributed by atoms with van der Waals surface area (Å²) >= 11 is 0. The molecule has 2 atom stereocenters. The lowest BCUT2D eigenvalue weighted by molar-refractivity contribution is -0.128. The third-order valence-electron chi connectivity index (χ3n) is 3.99. The van der Waals surface area contributed by atoms with E-state index in [2.05, 4.69) is 17.4 Å². The van der Waals surface area contributed by atoms with Crippen molar-refractivity contribution in [3.05, 3.63) is 29.8 Å². The molecule has 0 radical (unpaired) electrons. The number of para-hydroxylation sites is 1. The van der Waals surface area contributed by atoms with Crippen LogP contribution in [0.5, 0.6) is 0 Å². The van der Waals surface area contributed by atoms with Crippen molar-refractivity contribution >= 4 is 11.5 Å². The van der Waals surface area contributed by atoms with E-state index in [0.717, 1.165) is 38.1 Å². The van der Waals surface area contributed by atoms with Crippen LogP contribution in [0.4, 0.5) is 5.69 Å². The minimum Gasteiger partial charge on any atom is -0.385 e. The fourth-order valence-corrected chi connectivity index (χ4v) is 3.01. The zero-order valence-electron chi connectivity index (χ0n) is 10.5. The number of anilines is 1. The Morgan fingerprint density at radius 1 is 1.28 bits per heavy atom. The predicted octanol–water partition coefficient (Wildman–Crippen LogP) is 2.58. The van der Waals surface area contributed by atoms with Crippen LogP contribution in [0.15, 0.2) is 24.3 Å². The Morgan fingerprint density at radius 2 is 2.17 bits per heavy atom. The van der Waals surface area contributed by atoms with Gasteiger partial charge in [0, 0.05) is 30.7 Å². The van der Waals surface area contributed by atoms with Gasteiger partial charge < -0.3 is 10.1 Å². The molecule has 96 valence electrons. The largest absolute Gasteiger partial charge is 0.385 e. The average Bonchev–Trinajstić information content (AvgIpc) is 2.47. The summed E-state index contributed by atoms with van der Waals surface area (Å²) < 4.78 is 5.45. The molecule has 18 heavy (non-hydrogen) atoms. The summed E-state index contributed by atoms with van der Waals surface area (Å²) in [5, 5.41) is 3.37. The third-order valence-corrected chi connectivity index (χ3v) is 3.99. The van der Waals surface area contributed by atoms with Crippen LogP contribution in [0.3, 0.4) is 0 Å². The Labute approximate surface area is 108 Å². The number of fused-ring (bicyclic) bond motifs is 1. The Balaban J connectivity index is 1.82. The summed E-state index contributed by atoms with van der Waals surface area (Å²) in [6, 6.07) is 8.17. The molecule has 1 aromatic carbocycles. The maximum absolute atomic E-state index is 12.6. The number of Topliss-reactive ketones (excluding diaryl/α,β-unsaturated/α-hetero) is 1. The molecule has 1 aromatic rings. The van der Waals surface area contributed by atoms with E-state index in [9.17, 15) is 4.79 Å². The average molecular weight is 245 g/mol.